The molecule has 0 aromatic heterocycles. The van der Waals surface area contributed by atoms with Crippen LogP contribution in [0.3, 0.4) is 0 Å². The van der Waals surface area contributed by atoms with Crippen molar-refractivity contribution >= 4 is 11.6 Å². The topological polar surface area (TPSA) is 64.3 Å². The highest BCUT2D eigenvalue weighted by molar-refractivity contribution is 5.95. The molecular formula is C15H24N2O2. The molecule has 1 aromatic carbocycles. The Balaban J connectivity index is 2.76. The van der Waals surface area contributed by atoms with Crippen molar-refractivity contribution in [2.75, 3.05) is 12.3 Å². The second-order valence-electron chi connectivity index (χ2n) is 5.23. The van der Waals surface area contributed by atoms with E-state index in [1.54, 1.807) is 18.2 Å². The van der Waals surface area contributed by atoms with Crippen LogP contribution in [0.25, 0.3) is 0 Å². The minimum atomic E-state index is -0.110. The van der Waals surface area contributed by atoms with Gasteiger partial charge in [-0.3, -0.25) is 4.79 Å². The van der Waals surface area contributed by atoms with Crippen molar-refractivity contribution in [3.63, 3.8) is 0 Å². The Kier molecular flexibility index (Phi) is 5.67. The van der Waals surface area contributed by atoms with Crippen LogP contribution in [0.15, 0.2) is 18.2 Å². The third kappa shape index (κ3) is 5.20. The number of anilines is 1. The lowest BCUT2D eigenvalue weighted by molar-refractivity contribution is 0.0935. The highest BCUT2D eigenvalue weighted by atomic mass is 16.5. The lowest BCUT2D eigenvalue weighted by atomic mass is 10.0. The lowest BCUT2D eigenvalue weighted by Gasteiger charge is -2.16. The van der Waals surface area contributed by atoms with Crippen molar-refractivity contribution in [3.05, 3.63) is 23.8 Å². The van der Waals surface area contributed by atoms with E-state index >= 15 is 0 Å². The van der Waals surface area contributed by atoms with E-state index in [1.165, 1.54) is 0 Å². The standard InChI is InChI=1S/C15H24N2O2/c1-5-19-14-8-12(7-13(16)9-14)15(18)17-11(4)6-10(2)3/h7-11H,5-6,16H2,1-4H3,(H,17,18). The molecule has 0 bridgehead atoms. The van der Waals surface area contributed by atoms with Gasteiger partial charge in [0, 0.05) is 23.4 Å². The van der Waals surface area contributed by atoms with Gasteiger partial charge in [0.15, 0.2) is 0 Å². The van der Waals surface area contributed by atoms with Crippen LogP contribution in [-0.4, -0.2) is 18.6 Å². The Labute approximate surface area is 115 Å². The molecule has 0 aliphatic heterocycles. The number of rotatable bonds is 6. The molecule has 0 saturated carbocycles. The first-order valence-corrected chi connectivity index (χ1v) is 6.76. The largest absolute Gasteiger partial charge is 0.494 e. The van der Waals surface area contributed by atoms with Gasteiger partial charge in [-0.25, -0.2) is 0 Å². The SMILES string of the molecule is CCOc1cc(N)cc(C(=O)NC(C)CC(C)C)c1. The molecule has 106 valence electrons. The summed E-state index contributed by atoms with van der Waals surface area (Å²) in [4.78, 5) is 12.1. The van der Waals surface area contributed by atoms with Crippen molar-refractivity contribution in [1.82, 2.24) is 5.32 Å². The maximum absolute atomic E-state index is 12.1. The summed E-state index contributed by atoms with van der Waals surface area (Å²) < 4.78 is 5.39. The van der Waals surface area contributed by atoms with E-state index < -0.39 is 0 Å². The summed E-state index contributed by atoms with van der Waals surface area (Å²) in [5.41, 5.74) is 6.85. The van der Waals surface area contributed by atoms with E-state index in [1.807, 2.05) is 13.8 Å². The number of nitrogens with one attached hydrogen (secondary N) is 1. The number of carbonyl (C=O) groups excluding carboxylic acids is 1. The molecule has 0 heterocycles. The van der Waals surface area contributed by atoms with Crippen molar-refractivity contribution in [2.24, 2.45) is 5.92 Å². The van der Waals surface area contributed by atoms with Gasteiger partial charge < -0.3 is 15.8 Å². The fourth-order valence-corrected chi connectivity index (χ4v) is 2.08. The summed E-state index contributed by atoms with van der Waals surface area (Å²) in [5.74, 6) is 1.07. The molecule has 0 aliphatic rings. The smallest absolute Gasteiger partial charge is 0.251 e. The molecule has 1 amide bonds. The number of amides is 1. The molecule has 0 fully saturated rings. The minimum absolute atomic E-state index is 0.110. The Morgan fingerprint density at radius 2 is 2.00 bits per heavy atom. The second kappa shape index (κ2) is 7.02. The third-order valence-electron chi connectivity index (χ3n) is 2.70. The number of nitrogens with two attached hydrogens (primary N) is 1. The lowest BCUT2D eigenvalue weighted by Crippen LogP contribution is -2.33. The zero-order valence-corrected chi connectivity index (χ0v) is 12.2. The summed E-state index contributed by atoms with van der Waals surface area (Å²) in [5, 5.41) is 2.97. The molecule has 1 rings (SSSR count). The van der Waals surface area contributed by atoms with E-state index in [9.17, 15) is 4.79 Å². The van der Waals surface area contributed by atoms with Crippen LogP contribution >= 0.6 is 0 Å². The van der Waals surface area contributed by atoms with Gasteiger partial charge in [-0.1, -0.05) is 13.8 Å². The first kappa shape index (κ1) is 15.3. The summed E-state index contributed by atoms with van der Waals surface area (Å²) in [7, 11) is 0. The molecule has 0 aliphatic carbocycles. The quantitative estimate of drug-likeness (QED) is 0.776. The Bertz CT molecular complexity index is 430. The molecule has 0 saturated heterocycles. The van der Waals surface area contributed by atoms with Gasteiger partial charge in [0.05, 0.1) is 6.61 Å². The van der Waals surface area contributed by atoms with Crippen molar-refractivity contribution in [2.45, 2.75) is 40.2 Å². The molecule has 0 radical (unpaired) electrons. The van der Waals surface area contributed by atoms with Crippen LogP contribution < -0.4 is 15.8 Å². The summed E-state index contributed by atoms with van der Waals surface area (Å²) in [6.45, 7) is 8.72. The molecule has 3 N–H and O–H groups in total. The van der Waals surface area contributed by atoms with Gasteiger partial charge in [-0.2, -0.15) is 0 Å². The van der Waals surface area contributed by atoms with Crippen LogP contribution in [0.4, 0.5) is 5.69 Å². The van der Waals surface area contributed by atoms with E-state index in [2.05, 4.69) is 19.2 Å². The average Bonchev–Trinajstić information content (AvgIpc) is 2.27. The second-order valence-corrected chi connectivity index (χ2v) is 5.23. The van der Waals surface area contributed by atoms with E-state index in [0.29, 0.717) is 29.5 Å². The van der Waals surface area contributed by atoms with Gasteiger partial charge in [-0.05, 0) is 38.3 Å². The summed E-state index contributed by atoms with van der Waals surface area (Å²) in [6, 6.07) is 5.25. The average molecular weight is 264 g/mol. The van der Waals surface area contributed by atoms with Gasteiger partial charge in [0.25, 0.3) is 5.91 Å². The van der Waals surface area contributed by atoms with E-state index in [-0.39, 0.29) is 11.9 Å². The number of hydrogen-bond donors (Lipinski definition) is 2. The molecular weight excluding hydrogens is 240 g/mol. The molecule has 1 aromatic rings. The normalized spacial score (nSPS) is 12.3. The van der Waals surface area contributed by atoms with Crippen molar-refractivity contribution < 1.29 is 9.53 Å². The fourth-order valence-electron chi connectivity index (χ4n) is 2.08. The van der Waals surface area contributed by atoms with Crippen molar-refractivity contribution in [3.8, 4) is 5.75 Å². The Morgan fingerprint density at radius 1 is 1.32 bits per heavy atom. The van der Waals surface area contributed by atoms with Crippen LogP contribution in [0.2, 0.25) is 0 Å². The van der Waals surface area contributed by atoms with Crippen LogP contribution in [0.5, 0.6) is 5.75 Å². The van der Waals surface area contributed by atoms with Gasteiger partial charge >= 0.3 is 0 Å². The van der Waals surface area contributed by atoms with E-state index in [0.717, 1.165) is 6.42 Å². The van der Waals surface area contributed by atoms with Crippen LogP contribution in [-0.2, 0) is 0 Å². The number of ether oxygens (including phenoxy) is 1. The van der Waals surface area contributed by atoms with Crippen LogP contribution in [0, 0.1) is 5.92 Å². The first-order chi connectivity index (χ1) is 8.92. The number of carbonyl (C=O) groups is 1. The van der Waals surface area contributed by atoms with Gasteiger partial charge in [-0.15, -0.1) is 0 Å². The Morgan fingerprint density at radius 3 is 2.58 bits per heavy atom. The summed E-state index contributed by atoms with van der Waals surface area (Å²) in [6.07, 6.45) is 0.951. The molecule has 19 heavy (non-hydrogen) atoms. The maximum Gasteiger partial charge on any atom is 0.251 e. The maximum atomic E-state index is 12.1. The fraction of sp³-hybridized carbons (Fsp3) is 0.533. The zero-order chi connectivity index (χ0) is 14.4. The van der Waals surface area contributed by atoms with Gasteiger partial charge in [0.2, 0.25) is 0 Å². The monoisotopic (exact) mass is 264 g/mol. The van der Waals surface area contributed by atoms with Crippen LogP contribution in [0.1, 0.15) is 44.5 Å². The van der Waals surface area contributed by atoms with Crippen molar-refractivity contribution in [1.29, 1.82) is 0 Å². The summed E-state index contributed by atoms with van der Waals surface area (Å²) >= 11 is 0. The molecule has 4 heteroatoms. The number of nitrogen functional groups attached to an aromatic ring is 1. The predicted molar refractivity (Wildman–Crippen MR) is 78.4 cm³/mol. The molecule has 1 atom stereocenters. The Hall–Kier alpha value is -1.71. The highest BCUT2D eigenvalue weighted by Gasteiger charge is 2.12. The number of benzene rings is 1. The first-order valence-electron chi connectivity index (χ1n) is 6.76. The van der Waals surface area contributed by atoms with Gasteiger partial charge in [0.1, 0.15) is 5.75 Å². The molecule has 4 nitrogen and oxygen atoms in total. The highest BCUT2D eigenvalue weighted by Crippen LogP contribution is 2.19. The molecule has 0 spiro atoms. The zero-order valence-electron chi connectivity index (χ0n) is 12.2. The minimum Gasteiger partial charge on any atom is -0.494 e. The van der Waals surface area contributed by atoms with E-state index in [4.69, 9.17) is 10.5 Å². The molecule has 1 unspecified atom stereocenters. The third-order valence-corrected chi connectivity index (χ3v) is 2.70. The number of hydrogen-bond acceptors (Lipinski definition) is 3. The predicted octanol–water partition coefficient (Wildman–Crippen LogP) is 2.83.